The molecule has 56 heavy (non-hydrogen) atoms. The molecule has 0 saturated carbocycles. The zero-order valence-corrected chi connectivity index (χ0v) is 30.1. The number of esters is 1. The lowest BCUT2D eigenvalue weighted by Gasteiger charge is -2.46. The summed E-state index contributed by atoms with van der Waals surface area (Å²) >= 11 is 0. The highest BCUT2D eigenvalue weighted by molar-refractivity contribution is 5.86. The smallest absolute Gasteiger partial charge is 0.302 e. The van der Waals surface area contributed by atoms with Crippen molar-refractivity contribution in [2.24, 2.45) is 0 Å². The molecule has 0 amide bonds. The number of fused-ring (bicyclic) bond motifs is 1. The third-order valence-corrected chi connectivity index (χ3v) is 9.70. The van der Waals surface area contributed by atoms with E-state index in [4.69, 9.17) is 42.3 Å². The van der Waals surface area contributed by atoms with Gasteiger partial charge in [0.05, 0.1) is 19.8 Å². The summed E-state index contributed by atoms with van der Waals surface area (Å²) in [6, 6.07) is 10.2. The topological polar surface area (TPSA) is 303 Å². The van der Waals surface area contributed by atoms with Crippen molar-refractivity contribution in [2.45, 2.75) is 106 Å². The maximum absolute atomic E-state index is 13.0. The molecule has 3 saturated heterocycles. The Morgan fingerprint density at radius 3 is 1.98 bits per heavy atom. The van der Waals surface area contributed by atoms with Gasteiger partial charge in [-0.2, -0.15) is 0 Å². The van der Waals surface area contributed by atoms with Crippen molar-refractivity contribution in [1.29, 1.82) is 0 Å². The van der Waals surface area contributed by atoms with E-state index >= 15 is 0 Å². The van der Waals surface area contributed by atoms with Crippen molar-refractivity contribution in [2.75, 3.05) is 20.3 Å². The second-order valence-electron chi connectivity index (χ2n) is 13.6. The summed E-state index contributed by atoms with van der Waals surface area (Å²) < 4.78 is 50.2. The van der Waals surface area contributed by atoms with E-state index in [2.05, 4.69) is 0 Å². The fraction of sp³-hybridized carbons (Fsp3) is 0.556. The van der Waals surface area contributed by atoms with Crippen LogP contribution in [0.2, 0.25) is 0 Å². The lowest BCUT2D eigenvalue weighted by molar-refractivity contribution is -0.369. The number of hydrogen-bond donors (Lipinski definition) is 9. The van der Waals surface area contributed by atoms with E-state index < -0.39 is 122 Å². The average Bonchev–Trinajstić information content (AvgIpc) is 3.17. The first-order chi connectivity index (χ1) is 26.6. The number of aliphatic hydroxyl groups excluding tert-OH is 8. The van der Waals surface area contributed by atoms with E-state index in [9.17, 15) is 55.5 Å². The van der Waals surface area contributed by atoms with Gasteiger partial charge in [-0.05, 0) is 31.2 Å². The lowest BCUT2D eigenvalue weighted by Crippen LogP contribution is -2.64. The third kappa shape index (κ3) is 8.62. The molecule has 20 nitrogen and oxygen atoms in total. The van der Waals surface area contributed by atoms with Crippen molar-refractivity contribution in [3.05, 3.63) is 52.7 Å². The van der Waals surface area contributed by atoms with Gasteiger partial charge in [-0.15, -0.1) is 0 Å². The van der Waals surface area contributed by atoms with Gasteiger partial charge in [-0.1, -0.05) is 0 Å². The van der Waals surface area contributed by atoms with Crippen LogP contribution in [0.5, 0.6) is 17.2 Å². The van der Waals surface area contributed by atoms with Crippen molar-refractivity contribution in [1.82, 2.24) is 0 Å². The van der Waals surface area contributed by atoms with Crippen molar-refractivity contribution in [3.8, 4) is 28.6 Å². The first kappa shape index (κ1) is 41.6. The van der Waals surface area contributed by atoms with Gasteiger partial charge in [0, 0.05) is 30.7 Å². The molecule has 20 heteroatoms. The molecule has 3 aromatic rings. The van der Waals surface area contributed by atoms with Crippen molar-refractivity contribution in [3.63, 3.8) is 0 Å². The zero-order chi connectivity index (χ0) is 40.6. The van der Waals surface area contributed by atoms with Crippen LogP contribution in [-0.4, -0.2) is 164 Å². The van der Waals surface area contributed by atoms with Crippen molar-refractivity contribution < 1.29 is 93.1 Å². The maximum Gasteiger partial charge on any atom is 0.302 e. The van der Waals surface area contributed by atoms with Crippen LogP contribution in [0.3, 0.4) is 0 Å². The van der Waals surface area contributed by atoms with Gasteiger partial charge in [0.15, 0.2) is 18.0 Å². The molecule has 1 aromatic heterocycles. The molecule has 15 atom stereocenters. The monoisotopic (exact) mass is 796 g/mol. The number of phenolic OH excluding ortho intramolecular Hbond substituents is 1. The van der Waals surface area contributed by atoms with Crippen LogP contribution in [0, 0.1) is 0 Å². The highest BCUT2D eigenvalue weighted by Gasteiger charge is 2.51. The predicted octanol–water partition coefficient (Wildman–Crippen LogP) is -2.40. The standard InChI is InChI=1S/C36H44O20/c1-13-25(40)30(45)33(56-35-32(47)29(44)26(41)22(55-35)11-49-14(2)37)36(51-13)50-12-23-27(42)28(43)31(46)34(54-23)52-17-8-18(38)24-19(39)10-20(53-21(24)9-17)15-4-6-16(48-3)7-5-15/h4-10,13,22-23,25-36,38,40-47H,11-12H2,1-3H3. The highest BCUT2D eigenvalue weighted by atomic mass is 16.8. The predicted molar refractivity (Wildman–Crippen MR) is 184 cm³/mol. The summed E-state index contributed by atoms with van der Waals surface area (Å²) in [7, 11) is 1.50. The third-order valence-electron chi connectivity index (χ3n) is 9.70. The summed E-state index contributed by atoms with van der Waals surface area (Å²) in [6.45, 7) is 1.33. The van der Waals surface area contributed by atoms with Gasteiger partial charge in [-0.3, -0.25) is 9.59 Å². The molecule has 6 rings (SSSR count). The second kappa shape index (κ2) is 17.2. The lowest BCUT2D eigenvalue weighted by atomic mass is 9.97. The molecule has 0 bridgehead atoms. The van der Waals surface area contributed by atoms with Gasteiger partial charge < -0.3 is 88.3 Å². The van der Waals surface area contributed by atoms with Crippen LogP contribution in [0.4, 0.5) is 0 Å². The Morgan fingerprint density at radius 2 is 1.34 bits per heavy atom. The molecule has 3 aliphatic rings. The molecule has 2 aromatic carbocycles. The number of ether oxygens (including phenoxy) is 8. The Bertz CT molecular complexity index is 1870. The summed E-state index contributed by atoms with van der Waals surface area (Å²) in [5, 5.41) is 95.8. The number of rotatable bonds is 11. The molecule has 308 valence electrons. The number of hydrogen-bond acceptors (Lipinski definition) is 20. The molecule has 3 fully saturated rings. The van der Waals surface area contributed by atoms with Crippen LogP contribution >= 0.6 is 0 Å². The van der Waals surface area contributed by atoms with Gasteiger partial charge in [0.25, 0.3) is 0 Å². The number of benzene rings is 2. The van der Waals surface area contributed by atoms with E-state index in [0.717, 1.165) is 13.0 Å². The van der Waals surface area contributed by atoms with E-state index in [1.165, 1.54) is 26.2 Å². The maximum atomic E-state index is 13.0. The summed E-state index contributed by atoms with van der Waals surface area (Å²) in [4.78, 5) is 24.3. The van der Waals surface area contributed by atoms with Gasteiger partial charge in [0.2, 0.25) is 6.29 Å². The van der Waals surface area contributed by atoms with E-state index in [1.54, 1.807) is 24.3 Å². The van der Waals surface area contributed by atoms with Gasteiger partial charge in [-0.25, -0.2) is 0 Å². The Kier molecular flexibility index (Phi) is 12.8. The molecule has 0 spiro atoms. The number of phenols is 1. The fourth-order valence-electron chi connectivity index (χ4n) is 6.49. The summed E-state index contributed by atoms with van der Waals surface area (Å²) in [5.74, 6) is -0.689. The Balaban J connectivity index is 1.18. The minimum atomic E-state index is -1.91. The molecule has 9 N–H and O–H groups in total. The number of aromatic hydroxyl groups is 1. The first-order valence-electron chi connectivity index (χ1n) is 17.5. The second-order valence-corrected chi connectivity index (χ2v) is 13.6. The first-order valence-corrected chi connectivity index (χ1v) is 17.5. The van der Waals surface area contributed by atoms with Crippen LogP contribution in [0.25, 0.3) is 22.3 Å². The molecule has 0 aliphatic carbocycles. The van der Waals surface area contributed by atoms with Gasteiger partial charge >= 0.3 is 5.97 Å². The number of carbonyl (C=O) groups excluding carboxylic acids is 1. The normalized spacial score (nSPS) is 36.2. The Labute approximate surface area is 317 Å². The molecule has 15 unspecified atom stereocenters. The van der Waals surface area contributed by atoms with E-state index in [-0.39, 0.29) is 22.5 Å². The average molecular weight is 797 g/mol. The van der Waals surface area contributed by atoms with E-state index in [1.807, 2.05) is 0 Å². The van der Waals surface area contributed by atoms with Gasteiger partial charge in [0.1, 0.15) is 108 Å². The summed E-state index contributed by atoms with van der Waals surface area (Å²) in [6.07, 6.45) is -25.0. The molecular formula is C36H44O20. The number of carbonyl (C=O) groups is 1. The molecular weight excluding hydrogens is 752 g/mol. The minimum Gasteiger partial charge on any atom is -0.507 e. The fourth-order valence-corrected chi connectivity index (χ4v) is 6.49. The summed E-state index contributed by atoms with van der Waals surface area (Å²) in [5.41, 5.74) is -0.133. The quantitative estimate of drug-likeness (QED) is 0.0914. The van der Waals surface area contributed by atoms with Crippen LogP contribution in [0.15, 0.2) is 51.7 Å². The van der Waals surface area contributed by atoms with E-state index in [0.29, 0.717) is 11.3 Å². The number of aliphatic hydroxyl groups is 8. The van der Waals surface area contributed by atoms with Crippen molar-refractivity contribution >= 4 is 16.9 Å². The number of methoxy groups -OCH3 is 1. The van der Waals surface area contributed by atoms with Crippen LogP contribution in [0.1, 0.15) is 13.8 Å². The molecule has 0 radical (unpaired) electrons. The largest absolute Gasteiger partial charge is 0.507 e. The highest BCUT2D eigenvalue weighted by Crippen LogP contribution is 2.35. The molecule has 4 heterocycles. The van der Waals surface area contributed by atoms with Crippen LogP contribution in [-0.2, 0) is 33.2 Å². The minimum absolute atomic E-state index is 0.0915. The molecule has 3 aliphatic heterocycles. The zero-order valence-electron chi connectivity index (χ0n) is 30.1. The van der Waals surface area contributed by atoms with Crippen LogP contribution < -0.4 is 14.9 Å². The Hall–Kier alpha value is -4.00. The SMILES string of the molecule is COc1ccc(-c2cc(=O)c3c(O)cc(OC4OC(COC5OC(C)C(O)C(O)C5OC5OC(COC(C)=O)C(O)C(O)C5O)C(O)C(O)C4O)cc3o2)cc1. The Morgan fingerprint density at radius 1 is 0.714 bits per heavy atom.